The highest BCUT2D eigenvalue weighted by Crippen LogP contribution is 2.31. The van der Waals surface area contributed by atoms with Crippen molar-refractivity contribution >= 4 is 10.9 Å². The van der Waals surface area contributed by atoms with Crippen molar-refractivity contribution in [2.45, 2.75) is 33.2 Å². The molecule has 0 amide bonds. The molecule has 0 N–H and O–H groups in total. The van der Waals surface area contributed by atoms with Gasteiger partial charge in [-0.2, -0.15) is 0 Å². The van der Waals surface area contributed by atoms with Gasteiger partial charge in [-0.05, 0) is 42.5 Å². The van der Waals surface area contributed by atoms with Crippen molar-refractivity contribution in [1.82, 2.24) is 4.57 Å². The molecule has 0 spiro atoms. The molecule has 0 saturated carbocycles. The first kappa shape index (κ1) is 15.7. The van der Waals surface area contributed by atoms with Gasteiger partial charge in [0.15, 0.2) is 0 Å². The van der Waals surface area contributed by atoms with Crippen LogP contribution in [0.5, 0.6) is 5.75 Å². The van der Waals surface area contributed by atoms with Gasteiger partial charge in [0.05, 0.1) is 12.6 Å². The van der Waals surface area contributed by atoms with Gasteiger partial charge in [-0.15, -0.1) is 0 Å². The van der Waals surface area contributed by atoms with E-state index in [-0.39, 0.29) is 0 Å². The molecular weight excluding hydrogens is 282 g/mol. The highest BCUT2D eigenvalue weighted by molar-refractivity contribution is 5.88. The second kappa shape index (κ2) is 6.91. The lowest BCUT2D eigenvalue weighted by Crippen LogP contribution is -2.02. The third-order valence-corrected chi connectivity index (χ3v) is 4.34. The van der Waals surface area contributed by atoms with Gasteiger partial charge in [0.1, 0.15) is 5.75 Å². The maximum Gasteiger partial charge on any atom is 0.120 e. The Morgan fingerprint density at radius 2 is 1.78 bits per heavy atom. The van der Waals surface area contributed by atoms with E-state index in [9.17, 15) is 0 Å². The molecule has 1 heterocycles. The lowest BCUT2D eigenvalue weighted by molar-refractivity contribution is 0.415. The number of aryl methyl sites for hydroxylation is 1. The predicted molar refractivity (Wildman–Crippen MR) is 98.0 cm³/mol. The van der Waals surface area contributed by atoms with Crippen LogP contribution in [0, 0.1) is 5.92 Å². The number of benzene rings is 2. The van der Waals surface area contributed by atoms with Gasteiger partial charge in [0.25, 0.3) is 0 Å². The minimum absolute atomic E-state index is 0.742. The summed E-state index contributed by atoms with van der Waals surface area (Å²) in [4.78, 5) is 0. The molecule has 120 valence electrons. The molecule has 2 nitrogen and oxygen atoms in total. The van der Waals surface area contributed by atoms with Crippen molar-refractivity contribution < 1.29 is 4.74 Å². The van der Waals surface area contributed by atoms with Crippen molar-refractivity contribution in [2.75, 3.05) is 7.11 Å². The molecule has 0 fully saturated rings. The number of fused-ring (bicyclic) bond motifs is 1. The van der Waals surface area contributed by atoms with Crippen LogP contribution in [0.3, 0.4) is 0 Å². The maximum absolute atomic E-state index is 5.42. The van der Waals surface area contributed by atoms with Gasteiger partial charge >= 0.3 is 0 Å². The first-order valence-electron chi connectivity index (χ1n) is 8.41. The molecule has 0 radical (unpaired) electrons. The lowest BCUT2D eigenvalue weighted by Gasteiger charge is -2.12. The van der Waals surface area contributed by atoms with Gasteiger partial charge in [0, 0.05) is 23.7 Å². The molecule has 0 unspecified atom stereocenters. The predicted octanol–water partition coefficient (Wildman–Crippen LogP) is 5.75. The Morgan fingerprint density at radius 3 is 2.48 bits per heavy atom. The van der Waals surface area contributed by atoms with E-state index in [4.69, 9.17) is 4.74 Å². The SMILES string of the molecule is COc1ccc2cc(-c3ccccc3)n(CCCC(C)C)c2c1. The van der Waals surface area contributed by atoms with E-state index in [0.717, 1.165) is 18.2 Å². The molecule has 0 aliphatic heterocycles. The fourth-order valence-electron chi connectivity index (χ4n) is 3.11. The van der Waals surface area contributed by atoms with Crippen LogP contribution in [0.15, 0.2) is 54.6 Å². The molecule has 3 aromatic rings. The zero-order chi connectivity index (χ0) is 16.2. The average Bonchev–Trinajstić information content (AvgIpc) is 2.93. The molecule has 1 aromatic heterocycles. The largest absolute Gasteiger partial charge is 0.497 e. The Bertz CT molecular complexity index is 771. The smallest absolute Gasteiger partial charge is 0.120 e. The van der Waals surface area contributed by atoms with Crippen LogP contribution < -0.4 is 4.74 Å². The van der Waals surface area contributed by atoms with Crippen LogP contribution >= 0.6 is 0 Å². The quantitative estimate of drug-likeness (QED) is 0.565. The van der Waals surface area contributed by atoms with Crippen molar-refractivity contribution in [3.63, 3.8) is 0 Å². The van der Waals surface area contributed by atoms with Gasteiger partial charge in [-0.25, -0.2) is 0 Å². The summed E-state index contributed by atoms with van der Waals surface area (Å²) < 4.78 is 7.86. The summed E-state index contributed by atoms with van der Waals surface area (Å²) in [5, 5.41) is 1.27. The second-order valence-corrected chi connectivity index (χ2v) is 6.51. The van der Waals surface area contributed by atoms with Gasteiger partial charge in [-0.1, -0.05) is 44.2 Å². The van der Waals surface area contributed by atoms with Gasteiger partial charge in [0.2, 0.25) is 0 Å². The average molecular weight is 307 g/mol. The number of aromatic nitrogens is 1. The molecule has 0 aliphatic carbocycles. The molecular formula is C21H25NO. The number of methoxy groups -OCH3 is 1. The standard InChI is InChI=1S/C21H25NO/c1-16(2)8-7-13-22-20(17-9-5-4-6-10-17)14-18-11-12-19(23-3)15-21(18)22/h4-6,9-12,14-16H,7-8,13H2,1-3H3. The topological polar surface area (TPSA) is 14.2 Å². The maximum atomic E-state index is 5.42. The summed E-state index contributed by atoms with van der Waals surface area (Å²) >= 11 is 0. The third kappa shape index (κ3) is 3.42. The summed E-state index contributed by atoms with van der Waals surface area (Å²) in [6.45, 7) is 5.61. The Hall–Kier alpha value is -2.22. The van der Waals surface area contributed by atoms with E-state index in [1.807, 2.05) is 6.07 Å². The van der Waals surface area contributed by atoms with Crippen LogP contribution in [-0.2, 0) is 6.54 Å². The second-order valence-electron chi connectivity index (χ2n) is 6.51. The van der Waals surface area contributed by atoms with Crippen molar-refractivity contribution in [2.24, 2.45) is 5.92 Å². The number of hydrogen-bond acceptors (Lipinski definition) is 1. The highest BCUT2D eigenvalue weighted by Gasteiger charge is 2.11. The first-order chi connectivity index (χ1) is 11.2. The van der Waals surface area contributed by atoms with Gasteiger partial charge in [-0.3, -0.25) is 0 Å². The Morgan fingerprint density at radius 1 is 1.00 bits per heavy atom. The molecule has 3 rings (SSSR count). The van der Waals surface area contributed by atoms with E-state index in [0.29, 0.717) is 0 Å². The van der Waals surface area contributed by atoms with E-state index >= 15 is 0 Å². The monoisotopic (exact) mass is 307 g/mol. The van der Waals surface area contributed by atoms with Crippen LogP contribution in [0.1, 0.15) is 26.7 Å². The summed E-state index contributed by atoms with van der Waals surface area (Å²) in [6, 6.07) is 19.3. The zero-order valence-electron chi connectivity index (χ0n) is 14.3. The Kier molecular flexibility index (Phi) is 4.71. The van der Waals surface area contributed by atoms with Crippen molar-refractivity contribution in [3.05, 3.63) is 54.6 Å². The van der Waals surface area contributed by atoms with Gasteiger partial charge < -0.3 is 9.30 Å². The highest BCUT2D eigenvalue weighted by atomic mass is 16.5. The van der Waals surface area contributed by atoms with Crippen LogP contribution in [0.2, 0.25) is 0 Å². The Labute approximate surface area is 138 Å². The summed E-state index contributed by atoms with van der Waals surface area (Å²) in [7, 11) is 1.73. The fourth-order valence-corrected chi connectivity index (χ4v) is 3.11. The minimum atomic E-state index is 0.742. The van der Waals surface area contributed by atoms with E-state index in [2.05, 4.69) is 66.9 Å². The molecule has 0 bridgehead atoms. The number of nitrogens with zero attached hydrogens (tertiary/aromatic N) is 1. The van der Waals surface area contributed by atoms with Crippen LogP contribution in [0.4, 0.5) is 0 Å². The van der Waals surface area contributed by atoms with E-state index in [1.54, 1.807) is 7.11 Å². The molecule has 0 saturated heterocycles. The summed E-state index contributed by atoms with van der Waals surface area (Å²) in [5.74, 6) is 1.66. The lowest BCUT2D eigenvalue weighted by atomic mass is 10.1. The van der Waals surface area contributed by atoms with Crippen molar-refractivity contribution in [3.8, 4) is 17.0 Å². The molecule has 2 aromatic carbocycles. The van der Waals surface area contributed by atoms with E-state index in [1.165, 1.54) is 35.0 Å². The van der Waals surface area contributed by atoms with Crippen LogP contribution in [0.25, 0.3) is 22.2 Å². The number of rotatable bonds is 6. The van der Waals surface area contributed by atoms with E-state index < -0.39 is 0 Å². The molecule has 0 atom stereocenters. The number of ether oxygens (including phenoxy) is 1. The third-order valence-electron chi connectivity index (χ3n) is 4.34. The fraction of sp³-hybridized carbons (Fsp3) is 0.333. The van der Waals surface area contributed by atoms with Crippen molar-refractivity contribution in [1.29, 1.82) is 0 Å². The summed E-state index contributed by atoms with van der Waals surface area (Å²) in [5.41, 5.74) is 3.82. The zero-order valence-corrected chi connectivity index (χ0v) is 14.3. The first-order valence-corrected chi connectivity index (χ1v) is 8.41. The number of hydrogen-bond donors (Lipinski definition) is 0. The minimum Gasteiger partial charge on any atom is -0.497 e. The molecule has 2 heteroatoms. The molecule has 0 aliphatic rings. The van der Waals surface area contributed by atoms with Crippen LogP contribution in [-0.4, -0.2) is 11.7 Å². The Balaban J connectivity index is 2.06. The normalized spacial score (nSPS) is 11.3. The molecule has 23 heavy (non-hydrogen) atoms. The summed E-state index contributed by atoms with van der Waals surface area (Å²) in [6.07, 6.45) is 2.44.